The highest BCUT2D eigenvalue weighted by Gasteiger charge is 2.39. The van der Waals surface area contributed by atoms with E-state index >= 15 is 0 Å². The third kappa shape index (κ3) is 2.39. The molecule has 6 heteroatoms. The summed E-state index contributed by atoms with van der Waals surface area (Å²) in [6, 6.07) is 6.17. The Balaban J connectivity index is 2.21. The molecule has 1 aliphatic rings. The fourth-order valence-electron chi connectivity index (χ4n) is 1.98. The summed E-state index contributed by atoms with van der Waals surface area (Å²) >= 11 is 0. The Morgan fingerprint density at radius 1 is 1.39 bits per heavy atom. The van der Waals surface area contributed by atoms with E-state index in [1.807, 2.05) is 6.92 Å². The number of hydrogen-bond acceptors (Lipinski definition) is 3. The molecule has 1 fully saturated rings. The monoisotopic (exact) mass is 269 g/mol. The summed E-state index contributed by atoms with van der Waals surface area (Å²) in [5, 5.41) is 8.72. The number of carbonyl (C=O) groups is 1. The molecule has 2 rings (SSSR count). The van der Waals surface area contributed by atoms with E-state index in [-0.39, 0.29) is 11.3 Å². The molecule has 0 aliphatic carbocycles. The van der Waals surface area contributed by atoms with E-state index in [4.69, 9.17) is 5.11 Å². The van der Waals surface area contributed by atoms with Crippen LogP contribution in [0.25, 0.3) is 0 Å². The Labute approximate surface area is 106 Å². The molecule has 0 radical (unpaired) electrons. The highest BCUT2D eigenvalue weighted by molar-refractivity contribution is 7.89. The SMILES string of the molecule is Cc1ccc(S(=O)(=O)N2CCC2CC(=O)O)cc1. The molecule has 18 heavy (non-hydrogen) atoms. The van der Waals surface area contributed by atoms with Crippen molar-refractivity contribution in [3.05, 3.63) is 29.8 Å². The number of nitrogens with zero attached hydrogens (tertiary/aromatic N) is 1. The maximum Gasteiger partial charge on any atom is 0.304 e. The van der Waals surface area contributed by atoms with Crippen LogP contribution in [0, 0.1) is 6.92 Å². The van der Waals surface area contributed by atoms with Gasteiger partial charge in [0.15, 0.2) is 0 Å². The van der Waals surface area contributed by atoms with E-state index in [0.717, 1.165) is 5.56 Å². The van der Waals surface area contributed by atoms with Crippen molar-refractivity contribution in [2.75, 3.05) is 6.54 Å². The van der Waals surface area contributed by atoms with Crippen molar-refractivity contribution in [2.24, 2.45) is 0 Å². The van der Waals surface area contributed by atoms with Gasteiger partial charge in [-0.15, -0.1) is 0 Å². The second-order valence-electron chi connectivity index (χ2n) is 4.47. The van der Waals surface area contributed by atoms with Crippen molar-refractivity contribution in [2.45, 2.75) is 30.7 Å². The average molecular weight is 269 g/mol. The summed E-state index contributed by atoms with van der Waals surface area (Å²) in [7, 11) is -3.54. The lowest BCUT2D eigenvalue weighted by Crippen LogP contribution is -2.51. The molecular weight excluding hydrogens is 254 g/mol. The second-order valence-corrected chi connectivity index (χ2v) is 6.36. The van der Waals surface area contributed by atoms with Gasteiger partial charge in [-0.1, -0.05) is 17.7 Å². The van der Waals surface area contributed by atoms with Gasteiger partial charge >= 0.3 is 5.97 Å². The number of rotatable bonds is 4. The standard InChI is InChI=1S/C12H15NO4S/c1-9-2-4-11(5-3-9)18(16,17)13-7-6-10(13)8-12(14)15/h2-5,10H,6-8H2,1H3,(H,14,15). The van der Waals surface area contributed by atoms with Gasteiger partial charge in [-0.25, -0.2) is 8.42 Å². The van der Waals surface area contributed by atoms with Gasteiger partial charge in [-0.05, 0) is 25.5 Å². The van der Waals surface area contributed by atoms with Crippen molar-refractivity contribution in [3.8, 4) is 0 Å². The van der Waals surface area contributed by atoms with E-state index in [1.54, 1.807) is 24.3 Å². The fraction of sp³-hybridized carbons (Fsp3) is 0.417. The first-order valence-corrected chi connectivity index (χ1v) is 7.15. The zero-order valence-electron chi connectivity index (χ0n) is 10.0. The first-order valence-electron chi connectivity index (χ1n) is 5.71. The molecule has 1 atom stereocenters. The molecule has 0 saturated carbocycles. The van der Waals surface area contributed by atoms with Crippen molar-refractivity contribution < 1.29 is 18.3 Å². The van der Waals surface area contributed by atoms with Crippen LogP contribution in [0.5, 0.6) is 0 Å². The molecule has 1 unspecified atom stereocenters. The number of aryl methyl sites for hydroxylation is 1. The number of benzene rings is 1. The molecular formula is C12H15NO4S. The van der Waals surface area contributed by atoms with Gasteiger partial charge in [0.25, 0.3) is 0 Å². The molecule has 1 aromatic rings. The molecule has 0 amide bonds. The maximum atomic E-state index is 12.3. The van der Waals surface area contributed by atoms with Crippen LogP contribution in [0.3, 0.4) is 0 Å². The Bertz CT molecular complexity index is 550. The highest BCUT2D eigenvalue weighted by Crippen LogP contribution is 2.28. The quantitative estimate of drug-likeness (QED) is 0.892. The van der Waals surface area contributed by atoms with Crippen molar-refractivity contribution in [3.63, 3.8) is 0 Å². The minimum absolute atomic E-state index is 0.134. The van der Waals surface area contributed by atoms with Crippen molar-refractivity contribution in [1.82, 2.24) is 4.31 Å². The number of sulfonamides is 1. The van der Waals surface area contributed by atoms with Crippen molar-refractivity contribution in [1.29, 1.82) is 0 Å². The van der Waals surface area contributed by atoms with Crippen LogP contribution in [-0.4, -0.2) is 36.4 Å². The van der Waals surface area contributed by atoms with E-state index in [0.29, 0.717) is 13.0 Å². The van der Waals surface area contributed by atoms with Gasteiger partial charge in [-0.2, -0.15) is 4.31 Å². The minimum atomic E-state index is -3.54. The van der Waals surface area contributed by atoms with Gasteiger partial charge < -0.3 is 5.11 Å². The Morgan fingerprint density at radius 3 is 2.44 bits per heavy atom. The number of hydrogen-bond donors (Lipinski definition) is 1. The fourth-order valence-corrected chi connectivity index (χ4v) is 3.65. The number of carboxylic acids is 1. The molecule has 98 valence electrons. The number of carboxylic acid groups (broad SMARTS) is 1. The van der Waals surface area contributed by atoms with Crippen LogP contribution in [0.15, 0.2) is 29.2 Å². The zero-order chi connectivity index (χ0) is 13.3. The van der Waals surface area contributed by atoms with Crippen molar-refractivity contribution >= 4 is 16.0 Å². The molecule has 0 aromatic heterocycles. The summed E-state index contributed by atoms with van der Waals surface area (Å²) in [6.45, 7) is 2.28. The first-order chi connectivity index (χ1) is 8.41. The lowest BCUT2D eigenvalue weighted by molar-refractivity contribution is -0.138. The van der Waals surface area contributed by atoms with E-state index in [2.05, 4.69) is 0 Å². The lowest BCUT2D eigenvalue weighted by Gasteiger charge is -2.38. The Morgan fingerprint density at radius 2 is 2.00 bits per heavy atom. The molecule has 5 nitrogen and oxygen atoms in total. The molecule has 0 spiro atoms. The molecule has 0 bridgehead atoms. The van der Waals surface area contributed by atoms with Crippen LogP contribution >= 0.6 is 0 Å². The molecule has 1 saturated heterocycles. The van der Waals surface area contributed by atoms with E-state index in [1.165, 1.54) is 4.31 Å². The third-order valence-electron chi connectivity index (χ3n) is 3.13. The summed E-state index contributed by atoms with van der Waals surface area (Å²) in [5.41, 5.74) is 0.986. The smallest absolute Gasteiger partial charge is 0.304 e. The third-order valence-corrected chi connectivity index (χ3v) is 5.09. The van der Waals surface area contributed by atoms with E-state index in [9.17, 15) is 13.2 Å². The predicted molar refractivity (Wildman–Crippen MR) is 65.7 cm³/mol. The number of aliphatic carboxylic acids is 1. The molecule has 1 heterocycles. The Hall–Kier alpha value is -1.40. The van der Waals surface area contributed by atoms with Crippen LogP contribution in [0.4, 0.5) is 0 Å². The lowest BCUT2D eigenvalue weighted by atomic mass is 10.0. The van der Waals surface area contributed by atoms with Gasteiger partial charge in [0.1, 0.15) is 0 Å². The van der Waals surface area contributed by atoms with E-state index < -0.39 is 22.0 Å². The first kappa shape index (κ1) is 13.0. The Kier molecular flexibility index (Phi) is 3.41. The topological polar surface area (TPSA) is 74.7 Å². The normalized spacial score (nSPS) is 20.4. The maximum absolute atomic E-state index is 12.3. The summed E-state index contributed by atoms with van der Waals surface area (Å²) in [6.07, 6.45) is 0.475. The summed E-state index contributed by atoms with van der Waals surface area (Å²) < 4.78 is 25.8. The van der Waals surface area contributed by atoms with Crippen LogP contribution < -0.4 is 0 Å². The van der Waals surface area contributed by atoms with Crippen LogP contribution in [-0.2, 0) is 14.8 Å². The van der Waals surface area contributed by atoms with Crippen LogP contribution in [0.1, 0.15) is 18.4 Å². The van der Waals surface area contributed by atoms with Gasteiger partial charge in [0, 0.05) is 12.6 Å². The molecule has 1 aliphatic heterocycles. The highest BCUT2D eigenvalue weighted by atomic mass is 32.2. The zero-order valence-corrected chi connectivity index (χ0v) is 10.9. The average Bonchev–Trinajstić information content (AvgIpc) is 2.24. The summed E-state index contributed by atoms with van der Waals surface area (Å²) in [4.78, 5) is 10.9. The molecule has 1 N–H and O–H groups in total. The molecule has 1 aromatic carbocycles. The van der Waals surface area contributed by atoms with Crippen LogP contribution in [0.2, 0.25) is 0 Å². The van der Waals surface area contributed by atoms with Gasteiger partial charge in [-0.3, -0.25) is 4.79 Å². The largest absolute Gasteiger partial charge is 0.481 e. The minimum Gasteiger partial charge on any atom is -0.481 e. The second kappa shape index (κ2) is 4.70. The predicted octanol–water partition coefficient (Wildman–Crippen LogP) is 1.23. The van der Waals surface area contributed by atoms with Gasteiger partial charge in [0.2, 0.25) is 10.0 Å². The van der Waals surface area contributed by atoms with Gasteiger partial charge in [0.05, 0.1) is 11.3 Å². The summed E-state index contributed by atoms with van der Waals surface area (Å²) in [5.74, 6) is -0.969.